The first kappa shape index (κ1) is 24.3. The molecule has 35 heavy (non-hydrogen) atoms. The smallest absolute Gasteiger partial charge is 0.408 e. The highest BCUT2D eigenvalue weighted by Gasteiger charge is 2.38. The maximum atomic E-state index is 13.8. The fraction of sp³-hybridized carbons (Fsp3) is 0.360. The average Bonchev–Trinajstić information content (AvgIpc) is 3.61. The van der Waals surface area contributed by atoms with Crippen molar-refractivity contribution in [2.75, 3.05) is 0 Å². The van der Waals surface area contributed by atoms with Crippen LogP contribution in [0.3, 0.4) is 0 Å². The number of hydrogen-bond acceptors (Lipinski definition) is 5. The predicted molar refractivity (Wildman–Crippen MR) is 126 cm³/mol. The van der Waals surface area contributed by atoms with Crippen LogP contribution in [0.15, 0.2) is 47.3 Å². The number of alkyl halides is 2. The van der Waals surface area contributed by atoms with Crippen LogP contribution in [0.2, 0.25) is 0 Å². The van der Waals surface area contributed by atoms with Crippen molar-refractivity contribution in [3.05, 3.63) is 69.8 Å². The van der Waals surface area contributed by atoms with Gasteiger partial charge in [-0.3, -0.25) is 14.2 Å². The molecule has 0 aliphatic heterocycles. The normalized spacial score (nSPS) is 14.7. The summed E-state index contributed by atoms with van der Waals surface area (Å²) in [6.07, 6.45) is -2.05. The molecule has 2 amide bonds. The quantitative estimate of drug-likeness (QED) is 0.538. The Kier molecular flexibility index (Phi) is 6.31. The highest BCUT2D eigenvalue weighted by Crippen LogP contribution is 2.41. The maximum absolute atomic E-state index is 13.8. The summed E-state index contributed by atoms with van der Waals surface area (Å²) in [5, 5.41) is 2.57. The standard InChI is InChI=1S/C25H26F2N4O4/c1-25(2,3)35-24(34)30-19(13-10-11-13)22-29-17-9-5-8-16(20(26)27)18(17)23(33)31(22)15-7-4-6-14(12-15)21(28)32/h4-9,12-13,19-20H,10-11H2,1-3H3,(H2,28,32)(H,30,34)/t19-/m0/s1. The van der Waals surface area contributed by atoms with Crippen molar-refractivity contribution in [1.82, 2.24) is 14.9 Å². The van der Waals surface area contributed by atoms with Crippen LogP contribution < -0.4 is 16.6 Å². The Hall–Kier alpha value is -3.82. The van der Waals surface area contributed by atoms with E-state index in [-0.39, 0.29) is 33.9 Å². The number of hydrogen-bond donors (Lipinski definition) is 2. The van der Waals surface area contributed by atoms with Crippen molar-refractivity contribution in [1.29, 1.82) is 0 Å². The van der Waals surface area contributed by atoms with Crippen LogP contribution in [0.5, 0.6) is 0 Å². The number of primary amides is 1. The molecule has 0 saturated heterocycles. The van der Waals surface area contributed by atoms with Crippen LogP contribution in [0, 0.1) is 5.92 Å². The molecule has 4 rings (SSSR count). The lowest BCUT2D eigenvalue weighted by Crippen LogP contribution is -2.39. The van der Waals surface area contributed by atoms with Crippen molar-refractivity contribution in [2.45, 2.75) is 51.7 Å². The van der Waals surface area contributed by atoms with Gasteiger partial charge < -0.3 is 15.8 Å². The van der Waals surface area contributed by atoms with Gasteiger partial charge in [-0.25, -0.2) is 18.6 Å². The van der Waals surface area contributed by atoms with Gasteiger partial charge in [-0.1, -0.05) is 18.2 Å². The summed E-state index contributed by atoms with van der Waals surface area (Å²) in [7, 11) is 0. The fourth-order valence-electron chi connectivity index (χ4n) is 3.97. The Morgan fingerprint density at radius 1 is 1.17 bits per heavy atom. The summed E-state index contributed by atoms with van der Waals surface area (Å²) < 4.78 is 34.2. The topological polar surface area (TPSA) is 116 Å². The van der Waals surface area contributed by atoms with Crippen molar-refractivity contribution >= 4 is 22.9 Å². The van der Waals surface area contributed by atoms with E-state index in [2.05, 4.69) is 10.3 Å². The van der Waals surface area contributed by atoms with Gasteiger partial charge in [-0.15, -0.1) is 0 Å². The number of ether oxygens (including phenoxy) is 1. The maximum Gasteiger partial charge on any atom is 0.408 e. The van der Waals surface area contributed by atoms with Gasteiger partial charge in [0.25, 0.3) is 12.0 Å². The van der Waals surface area contributed by atoms with Gasteiger partial charge >= 0.3 is 6.09 Å². The van der Waals surface area contributed by atoms with Crippen LogP contribution in [-0.4, -0.2) is 27.2 Å². The lowest BCUT2D eigenvalue weighted by molar-refractivity contribution is 0.0493. The van der Waals surface area contributed by atoms with Gasteiger partial charge in [-0.05, 0) is 63.8 Å². The summed E-state index contributed by atoms with van der Waals surface area (Å²) in [6.45, 7) is 5.18. The Morgan fingerprint density at radius 3 is 2.46 bits per heavy atom. The van der Waals surface area contributed by atoms with Crippen LogP contribution in [0.4, 0.5) is 13.6 Å². The summed E-state index contributed by atoms with van der Waals surface area (Å²) in [5.74, 6) is -0.589. The zero-order valence-corrected chi connectivity index (χ0v) is 19.5. The minimum absolute atomic E-state index is 0.0317. The molecule has 1 fully saturated rings. The third-order valence-corrected chi connectivity index (χ3v) is 5.62. The number of carbonyl (C=O) groups excluding carboxylic acids is 2. The molecule has 1 saturated carbocycles. The monoisotopic (exact) mass is 484 g/mol. The van der Waals surface area contributed by atoms with E-state index in [4.69, 9.17) is 10.5 Å². The van der Waals surface area contributed by atoms with Gasteiger partial charge in [-0.2, -0.15) is 0 Å². The molecule has 0 bridgehead atoms. The summed E-state index contributed by atoms with van der Waals surface area (Å²) in [4.78, 5) is 42.8. The van der Waals surface area contributed by atoms with Gasteiger partial charge in [0.2, 0.25) is 5.91 Å². The Morgan fingerprint density at radius 2 is 1.86 bits per heavy atom. The molecule has 1 aliphatic rings. The molecule has 2 aromatic carbocycles. The minimum atomic E-state index is -2.90. The summed E-state index contributed by atoms with van der Waals surface area (Å²) in [5.41, 5.74) is 3.91. The Bertz CT molecular complexity index is 1360. The second-order valence-corrected chi connectivity index (χ2v) is 9.53. The molecule has 184 valence electrons. The number of alkyl carbamates (subject to hydrolysis) is 1. The molecule has 1 atom stereocenters. The number of halogens is 2. The Labute approximate surface area is 200 Å². The number of carbonyl (C=O) groups is 2. The van der Waals surface area contributed by atoms with E-state index < -0.39 is 41.2 Å². The van der Waals surface area contributed by atoms with E-state index >= 15 is 0 Å². The molecule has 0 radical (unpaired) electrons. The second-order valence-electron chi connectivity index (χ2n) is 9.53. The van der Waals surface area contributed by atoms with E-state index in [9.17, 15) is 23.2 Å². The van der Waals surface area contributed by atoms with Gasteiger partial charge in [0.05, 0.1) is 22.6 Å². The van der Waals surface area contributed by atoms with Crippen LogP contribution in [0.25, 0.3) is 16.6 Å². The zero-order valence-electron chi connectivity index (χ0n) is 19.5. The number of aromatic nitrogens is 2. The molecule has 0 spiro atoms. The highest BCUT2D eigenvalue weighted by molar-refractivity contribution is 5.93. The van der Waals surface area contributed by atoms with Crippen LogP contribution >= 0.6 is 0 Å². The van der Waals surface area contributed by atoms with Crippen molar-refractivity contribution in [3.63, 3.8) is 0 Å². The highest BCUT2D eigenvalue weighted by atomic mass is 19.3. The second kappa shape index (κ2) is 9.09. The lowest BCUT2D eigenvalue weighted by Gasteiger charge is -2.25. The SMILES string of the molecule is CC(C)(C)OC(=O)N[C@H](c1nc2cccc(C(F)F)c2c(=O)n1-c1cccc(C(N)=O)c1)C1CC1. The first-order valence-electron chi connectivity index (χ1n) is 11.2. The number of rotatable bonds is 6. The molecule has 8 nitrogen and oxygen atoms in total. The molecule has 3 N–H and O–H groups in total. The predicted octanol–water partition coefficient (Wildman–Crippen LogP) is 4.40. The van der Waals surface area contributed by atoms with Crippen LogP contribution in [0.1, 0.15) is 67.8 Å². The Balaban J connectivity index is 1.97. The lowest BCUT2D eigenvalue weighted by atomic mass is 10.1. The largest absolute Gasteiger partial charge is 0.444 e. The number of nitrogens with zero attached hydrogens (tertiary/aromatic N) is 2. The van der Waals surface area contributed by atoms with E-state index in [0.717, 1.165) is 12.8 Å². The first-order chi connectivity index (χ1) is 16.5. The number of nitrogens with one attached hydrogen (secondary N) is 1. The minimum Gasteiger partial charge on any atom is -0.444 e. The molecule has 0 unspecified atom stereocenters. The van der Waals surface area contributed by atoms with E-state index in [1.54, 1.807) is 26.8 Å². The molecule has 3 aromatic rings. The van der Waals surface area contributed by atoms with E-state index in [1.807, 2.05) is 0 Å². The third-order valence-electron chi connectivity index (χ3n) is 5.62. The van der Waals surface area contributed by atoms with E-state index in [1.165, 1.54) is 41.0 Å². The average molecular weight is 485 g/mol. The van der Waals surface area contributed by atoms with E-state index in [0.29, 0.717) is 0 Å². The summed E-state index contributed by atoms with van der Waals surface area (Å²) >= 11 is 0. The molecule has 1 aliphatic carbocycles. The molecular formula is C25H26F2N4O4. The van der Waals surface area contributed by atoms with Gasteiger partial charge in [0.15, 0.2) is 0 Å². The van der Waals surface area contributed by atoms with Gasteiger partial charge in [0.1, 0.15) is 11.4 Å². The number of amides is 2. The molecular weight excluding hydrogens is 458 g/mol. The number of nitrogens with two attached hydrogens (primary N) is 1. The molecule has 1 aromatic heterocycles. The van der Waals surface area contributed by atoms with Crippen molar-refractivity contribution < 1.29 is 23.1 Å². The van der Waals surface area contributed by atoms with Gasteiger partial charge in [0, 0.05) is 11.1 Å². The van der Waals surface area contributed by atoms with Crippen molar-refractivity contribution in [3.8, 4) is 5.69 Å². The zero-order chi connectivity index (χ0) is 25.5. The third kappa shape index (κ3) is 5.16. The fourth-order valence-corrected chi connectivity index (χ4v) is 3.97. The molecule has 10 heteroatoms. The van der Waals surface area contributed by atoms with Crippen molar-refractivity contribution in [2.24, 2.45) is 11.7 Å². The number of fused-ring (bicyclic) bond motifs is 1. The summed E-state index contributed by atoms with van der Waals surface area (Å²) in [6, 6.07) is 9.29. The van der Waals surface area contributed by atoms with Crippen LogP contribution in [-0.2, 0) is 4.74 Å². The number of benzene rings is 2. The first-order valence-corrected chi connectivity index (χ1v) is 11.2. The molecule has 1 heterocycles.